The maximum atomic E-state index is 5.58. The number of nitrogens with zero attached hydrogens (tertiary/aromatic N) is 1. The number of ether oxygens (including phenoxy) is 1. The first kappa shape index (κ1) is 14.9. The van der Waals surface area contributed by atoms with Crippen LogP contribution in [-0.4, -0.2) is 24.7 Å². The average Bonchev–Trinajstić information content (AvgIpc) is 3.00. The van der Waals surface area contributed by atoms with Crippen LogP contribution in [0, 0.1) is 5.92 Å². The van der Waals surface area contributed by atoms with Gasteiger partial charge in [0.15, 0.2) is 0 Å². The van der Waals surface area contributed by atoms with Crippen LogP contribution in [-0.2, 0) is 15.7 Å². The van der Waals surface area contributed by atoms with Crippen molar-refractivity contribution in [2.75, 3.05) is 19.8 Å². The first-order valence-corrected chi connectivity index (χ1v) is 8.05. The number of nitrogens with one attached hydrogen (secondary N) is 1. The molecule has 1 saturated heterocycles. The lowest BCUT2D eigenvalue weighted by Gasteiger charge is -2.34. The quantitative estimate of drug-likeness (QED) is 0.920. The second-order valence-corrected chi connectivity index (χ2v) is 7.44. The van der Waals surface area contributed by atoms with E-state index in [2.05, 4.69) is 45.3 Å². The Labute approximate surface area is 120 Å². The van der Waals surface area contributed by atoms with Crippen LogP contribution < -0.4 is 5.32 Å². The van der Waals surface area contributed by atoms with E-state index in [9.17, 15) is 0 Å². The maximum Gasteiger partial charge on any atom is 0.113 e. The molecule has 0 amide bonds. The molecule has 2 heterocycles. The number of hydrogen-bond donors (Lipinski definition) is 1. The third-order valence-corrected chi connectivity index (χ3v) is 5.09. The first-order chi connectivity index (χ1) is 8.88. The van der Waals surface area contributed by atoms with Crippen molar-refractivity contribution in [2.24, 2.45) is 5.92 Å². The van der Waals surface area contributed by atoms with E-state index in [-0.39, 0.29) is 11.0 Å². The van der Waals surface area contributed by atoms with Gasteiger partial charge in [0.05, 0.1) is 17.8 Å². The van der Waals surface area contributed by atoms with Gasteiger partial charge in [-0.3, -0.25) is 0 Å². The van der Waals surface area contributed by atoms with Crippen LogP contribution in [0.3, 0.4) is 0 Å². The van der Waals surface area contributed by atoms with Gasteiger partial charge in [-0.2, -0.15) is 0 Å². The van der Waals surface area contributed by atoms with E-state index in [0.717, 1.165) is 26.2 Å². The number of rotatable bonds is 4. The molecule has 0 aromatic carbocycles. The van der Waals surface area contributed by atoms with Gasteiger partial charge < -0.3 is 10.1 Å². The highest BCUT2D eigenvalue weighted by Gasteiger charge is 2.40. The molecule has 108 valence electrons. The van der Waals surface area contributed by atoms with Gasteiger partial charge in [-0.05, 0) is 19.9 Å². The molecule has 0 bridgehead atoms. The van der Waals surface area contributed by atoms with Gasteiger partial charge in [-0.1, -0.05) is 27.7 Å². The molecule has 0 spiro atoms. The minimum Gasteiger partial charge on any atom is -0.381 e. The Morgan fingerprint density at radius 1 is 1.42 bits per heavy atom. The topological polar surface area (TPSA) is 34.2 Å². The molecular weight excluding hydrogens is 256 g/mol. The van der Waals surface area contributed by atoms with Gasteiger partial charge >= 0.3 is 0 Å². The molecule has 2 unspecified atom stereocenters. The Bertz CT molecular complexity index is 418. The van der Waals surface area contributed by atoms with Crippen LogP contribution in [0.15, 0.2) is 5.38 Å². The smallest absolute Gasteiger partial charge is 0.113 e. The molecule has 19 heavy (non-hydrogen) atoms. The molecule has 1 aliphatic heterocycles. The second kappa shape index (κ2) is 5.51. The van der Waals surface area contributed by atoms with Crippen molar-refractivity contribution >= 4 is 11.3 Å². The standard InChI is InChI=1S/C15H26N2OS/c1-6-16-15(5,11-7-8-18-9-11)13-17-12(10-19-13)14(2,3)4/h10-11,16H,6-9H2,1-5H3. The van der Waals surface area contributed by atoms with E-state index < -0.39 is 0 Å². The molecule has 4 heteroatoms. The van der Waals surface area contributed by atoms with Crippen LogP contribution in [0.1, 0.15) is 51.7 Å². The molecule has 1 aromatic heterocycles. The molecule has 1 N–H and O–H groups in total. The van der Waals surface area contributed by atoms with Gasteiger partial charge in [0.25, 0.3) is 0 Å². The van der Waals surface area contributed by atoms with Crippen molar-refractivity contribution < 1.29 is 4.74 Å². The maximum absolute atomic E-state index is 5.58. The van der Waals surface area contributed by atoms with E-state index in [4.69, 9.17) is 9.72 Å². The van der Waals surface area contributed by atoms with Crippen molar-refractivity contribution in [2.45, 2.75) is 52.0 Å². The van der Waals surface area contributed by atoms with E-state index in [1.165, 1.54) is 10.7 Å². The summed E-state index contributed by atoms with van der Waals surface area (Å²) in [7, 11) is 0. The molecule has 1 aliphatic rings. The zero-order chi connectivity index (χ0) is 14.1. The fraction of sp³-hybridized carbons (Fsp3) is 0.800. The predicted octanol–water partition coefficient (Wildman–Crippen LogP) is 3.30. The van der Waals surface area contributed by atoms with Gasteiger partial charge in [0, 0.05) is 23.3 Å². The molecule has 3 nitrogen and oxygen atoms in total. The molecule has 0 saturated carbocycles. The fourth-order valence-electron chi connectivity index (χ4n) is 2.61. The minimum absolute atomic E-state index is 0.0561. The molecule has 1 fully saturated rings. The van der Waals surface area contributed by atoms with Crippen molar-refractivity contribution in [3.8, 4) is 0 Å². The van der Waals surface area contributed by atoms with Crippen molar-refractivity contribution in [1.29, 1.82) is 0 Å². The second-order valence-electron chi connectivity index (χ2n) is 6.58. The van der Waals surface area contributed by atoms with E-state index in [1.54, 1.807) is 11.3 Å². The summed E-state index contributed by atoms with van der Waals surface area (Å²) < 4.78 is 5.58. The number of thiazole rings is 1. The van der Waals surface area contributed by atoms with Crippen LogP contribution in [0.25, 0.3) is 0 Å². The van der Waals surface area contributed by atoms with E-state index in [1.807, 2.05) is 0 Å². The van der Waals surface area contributed by atoms with Crippen molar-refractivity contribution in [3.05, 3.63) is 16.1 Å². The summed E-state index contributed by atoms with van der Waals surface area (Å²) in [6, 6.07) is 0. The van der Waals surface area contributed by atoms with E-state index >= 15 is 0 Å². The monoisotopic (exact) mass is 282 g/mol. The van der Waals surface area contributed by atoms with Crippen molar-refractivity contribution in [3.63, 3.8) is 0 Å². The van der Waals surface area contributed by atoms with Gasteiger partial charge in [-0.25, -0.2) is 4.98 Å². The molecular formula is C15H26N2OS. The zero-order valence-electron chi connectivity index (χ0n) is 12.7. The van der Waals surface area contributed by atoms with Gasteiger partial charge in [-0.15, -0.1) is 11.3 Å². The van der Waals surface area contributed by atoms with Gasteiger partial charge in [0.1, 0.15) is 5.01 Å². The summed E-state index contributed by atoms with van der Waals surface area (Å²) in [6.07, 6.45) is 1.12. The zero-order valence-corrected chi connectivity index (χ0v) is 13.6. The number of aromatic nitrogens is 1. The summed E-state index contributed by atoms with van der Waals surface area (Å²) in [5.74, 6) is 0.520. The third kappa shape index (κ3) is 3.01. The summed E-state index contributed by atoms with van der Waals surface area (Å²) in [6.45, 7) is 13.8. The van der Waals surface area contributed by atoms with Crippen LogP contribution >= 0.6 is 11.3 Å². The normalized spacial score (nSPS) is 23.5. The summed E-state index contributed by atoms with van der Waals surface area (Å²) in [4.78, 5) is 4.92. The van der Waals surface area contributed by atoms with Gasteiger partial charge in [0.2, 0.25) is 0 Å². The Morgan fingerprint density at radius 2 is 2.16 bits per heavy atom. The lowest BCUT2D eigenvalue weighted by atomic mass is 9.85. The Morgan fingerprint density at radius 3 is 2.63 bits per heavy atom. The largest absolute Gasteiger partial charge is 0.381 e. The SMILES string of the molecule is CCNC(C)(c1nc(C(C)(C)C)cs1)C1CCOC1. The summed E-state index contributed by atoms with van der Waals surface area (Å²) in [5, 5.41) is 7.06. The summed E-state index contributed by atoms with van der Waals surface area (Å²) >= 11 is 1.78. The Kier molecular flexibility index (Phi) is 4.33. The van der Waals surface area contributed by atoms with E-state index in [0.29, 0.717) is 5.92 Å². The Balaban J connectivity index is 2.30. The molecule has 0 aliphatic carbocycles. The Hall–Kier alpha value is -0.450. The highest BCUT2D eigenvalue weighted by atomic mass is 32.1. The van der Waals surface area contributed by atoms with Crippen LogP contribution in [0.5, 0.6) is 0 Å². The lowest BCUT2D eigenvalue weighted by molar-refractivity contribution is 0.153. The average molecular weight is 282 g/mol. The molecule has 0 radical (unpaired) electrons. The van der Waals surface area contributed by atoms with Crippen molar-refractivity contribution in [1.82, 2.24) is 10.3 Å². The summed E-state index contributed by atoms with van der Waals surface area (Å²) in [5.41, 5.74) is 1.25. The third-order valence-electron chi connectivity index (χ3n) is 4.01. The van der Waals surface area contributed by atoms with Crippen LogP contribution in [0.2, 0.25) is 0 Å². The highest BCUT2D eigenvalue weighted by molar-refractivity contribution is 7.09. The van der Waals surface area contributed by atoms with Crippen LogP contribution in [0.4, 0.5) is 0 Å². The minimum atomic E-state index is -0.0561. The molecule has 2 atom stereocenters. The highest BCUT2D eigenvalue weighted by Crippen LogP contribution is 2.37. The molecule has 1 aromatic rings. The lowest BCUT2D eigenvalue weighted by Crippen LogP contribution is -2.46. The molecule has 2 rings (SSSR count). The number of hydrogen-bond acceptors (Lipinski definition) is 4. The first-order valence-electron chi connectivity index (χ1n) is 7.17. The fourth-order valence-corrected chi connectivity index (χ4v) is 3.87. The predicted molar refractivity (Wildman–Crippen MR) is 80.8 cm³/mol.